The van der Waals surface area contributed by atoms with E-state index in [0.717, 1.165) is 51.1 Å². The first-order valence-electron chi connectivity index (χ1n) is 12.3. The maximum absolute atomic E-state index is 12.8. The molecule has 4 rings (SSSR count). The first-order valence-corrected chi connectivity index (χ1v) is 12.3. The molecule has 2 aliphatic heterocycles. The SMILES string of the molecule is Cc1cc(C(=O)N2CCC(C)CC2)ccc1NC(=O)NCC1CN(Cc2ccccc2)CCO1. The second kappa shape index (κ2) is 11.5. The molecule has 2 heterocycles. The minimum absolute atomic E-state index is 0.0448. The number of piperidine rings is 1. The van der Waals surface area contributed by atoms with Gasteiger partial charge in [-0.1, -0.05) is 37.3 Å². The van der Waals surface area contributed by atoms with E-state index in [2.05, 4.69) is 46.7 Å². The van der Waals surface area contributed by atoms with E-state index >= 15 is 0 Å². The fourth-order valence-electron chi connectivity index (χ4n) is 4.59. The highest BCUT2D eigenvalue weighted by molar-refractivity contribution is 5.96. The van der Waals surface area contributed by atoms with Crippen molar-refractivity contribution in [2.24, 2.45) is 5.92 Å². The van der Waals surface area contributed by atoms with Crippen LogP contribution in [-0.4, -0.2) is 67.2 Å². The summed E-state index contributed by atoms with van der Waals surface area (Å²) in [5.41, 5.74) is 3.53. The molecule has 2 aromatic rings. The highest BCUT2D eigenvalue weighted by atomic mass is 16.5. The lowest BCUT2D eigenvalue weighted by Gasteiger charge is -2.33. The largest absolute Gasteiger partial charge is 0.374 e. The zero-order valence-corrected chi connectivity index (χ0v) is 20.3. The molecule has 2 fully saturated rings. The van der Waals surface area contributed by atoms with Crippen molar-refractivity contribution >= 4 is 17.6 Å². The number of benzene rings is 2. The van der Waals surface area contributed by atoms with Gasteiger partial charge in [0.15, 0.2) is 0 Å². The van der Waals surface area contributed by atoms with E-state index in [0.29, 0.717) is 30.3 Å². The number of anilines is 1. The summed E-state index contributed by atoms with van der Waals surface area (Å²) in [6.45, 7) is 9.42. The maximum Gasteiger partial charge on any atom is 0.319 e. The van der Waals surface area contributed by atoms with Crippen molar-refractivity contribution < 1.29 is 14.3 Å². The number of aryl methyl sites for hydroxylation is 1. The Hall–Kier alpha value is -2.90. The highest BCUT2D eigenvalue weighted by Gasteiger charge is 2.23. The van der Waals surface area contributed by atoms with Gasteiger partial charge in [-0.15, -0.1) is 0 Å². The summed E-state index contributed by atoms with van der Waals surface area (Å²) < 4.78 is 5.85. The molecule has 3 amide bonds. The van der Waals surface area contributed by atoms with Crippen molar-refractivity contribution in [3.8, 4) is 0 Å². The van der Waals surface area contributed by atoms with Crippen LogP contribution in [0.2, 0.25) is 0 Å². The van der Waals surface area contributed by atoms with Crippen molar-refractivity contribution in [2.75, 3.05) is 44.6 Å². The first-order chi connectivity index (χ1) is 16.5. The standard InChI is InChI=1S/C27H36N4O3/c1-20-10-12-31(13-11-20)26(32)23-8-9-25(21(2)16-23)29-27(33)28-17-24-19-30(14-15-34-24)18-22-6-4-3-5-7-22/h3-9,16,20,24H,10-15,17-19H2,1-2H3,(H2,28,29,33). The predicted molar refractivity (Wildman–Crippen MR) is 134 cm³/mol. The van der Waals surface area contributed by atoms with Crippen LogP contribution in [0.25, 0.3) is 0 Å². The number of rotatable bonds is 6. The second-order valence-electron chi connectivity index (χ2n) is 9.55. The smallest absolute Gasteiger partial charge is 0.319 e. The normalized spacial score (nSPS) is 19.6. The average Bonchev–Trinajstić information content (AvgIpc) is 2.85. The Morgan fingerprint density at radius 2 is 1.82 bits per heavy atom. The Labute approximate surface area is 202 Å². The van der Waals surface area contributed by atoms with Crippen LogP contribution in [0.1, 0.15) is 41.3 Å². The monoisotopic (exact) mass is 464 g/mol. The van der Waals surface area contributed by atoms with Crippen molar-refractivity contribution in [1.82, 2.24) is 15.1 Å². The van der Waals surface area contributed by atoms with Crippen LogP contribution in [0.4, 0.5) is 10.5 Å². The third kappa shape index (κ3) is 6.58. The van der Waals surface area contributed by atoms with E-state index in [-0.39, 0.29) is 18.0 Å². The van der Waals surface area contributed by atoms with Gasteiger partial charge in [0, 0.05) is 50.5 Å². The third-order valence-electron chi connectivity index (χ3n) is 6.75. The van der Waals surface area contributed by atoms with E-state index in [1.54, 1.807) is 6.07 Å². The van der Waals surface area contributed by atoms with Crippen molar-refractivity contribution in [2.45, 2.75) is 39.3 Å². The van der Waals surface area contributed by atoms with Gasteiger partial charge in [-0.2, -0.15) is 0 Å². The van der Waals surface area contributed by atoms with Crippen molar-refractivity contribution in [3.05, 3.63) is 65.2 Å². The molecule has 1 unspecified atom stereocenters. The summed E-state index contributed by atoms with van der Waals surface area (Å²) in [4.78, 5) is 29.6. The number of nitrogens with one attached hydrogen (secondary N) is 2. The van der Waals surface area contributed by atoms with Crippen molar-refractivity contribution in [1.29, 1.82) is 0 Å². The minimum atomic E-state index is -0.268. The summed E-state index contributed by atoms with van der Waals surface area (Å²) in [5.74, 6) is 0.752. The van der Waals surface area contributed by atoms with Crippen LogP contribution in [0.15, 0.2) is 48.5 Å². The fraction of sp³-hybridized carbons (Fsp3) is 0.481. The Morgan fingerprint density at radius 3 is 2.56 bits per heavy atom. The van der Waals surface area contributed by atoms with Gasteiger partial charge in [-0.3, -0.25) is 9.69 Å². The summed E-state index contributed by atoms with van der Waals surface area (Å²) in [6, 6.07) is 15.6. The zero-order valence-electron chi connectivity index (χ0n) is 20.3. The summed E-state index contributed by atoms with van der Waals surface area (Å²) in [7, 11) is 0. The van der Waals surface area contributed by atoms with Crippen LogP contribution >= 0.6 is 0 Å². The van der Waals surface area contributed by atoms with Crippen LogP contribution in [0, 0.1) is 12.8 Å². The minimum Gasteiger partial charge on any atom is -0.374 e. The van der Waals surface area contributed by atoms with Gasteiger partial charge in [-0.05, 0) is 55.0 Å². The van der Waals surface area contributed by atoms with Gasteiger partial charge in [0.1, 0.15) is 0 Å². The van der Waals surface area contributed by atoms with Crippen LogP contribution < -0.4 is 10.6 Å². The Bertz CT molecular complexity index is 973. The van der Waals surface area contributed by atoms with E-state index < -0.39 is 0 Å². The Morgan fingerprint density at radius 1 is 1.06 bits per heavy atom. The highest BCUT2D eigenvalue weighted by Crippen LogP contribution is 2.21. The second-order valence-corrected chi connectivity index (χ2v) is 9.55. The molecular formula is C27H36N4O3. The number of nitrogens with zero attached hydrogens (tertiary/aromatic N) is 2. The lowest BCUT2D eigenvalue weighted by Crippen LogP contribution is -2.47. The third-order valence-corrected chi connectivity index (χ3v) is 6.75. The first kappa shape index (κ1) is 24.2. The van der Waals surface area contributed by atoms with Gasteiger partial charge in [0.25, 0.3) is 5.91 Å². The molecule has 7 nitrogen and oxygen atoms in total. The summed E-state index contributed by atoms with van der Waals surface area (Å²) >= 11 is 0. The van der Waals surface area contributed by atoms with E-state index in [1.807, 2.05) is 30.0 Å². The van der Waals surface area contributed by atoms with Crippen molar-refractivity contribution in [3.63, 3.8) is 0 Å². The number of carbonyl (C=O) groups excluding carboxylic acids is 2. The number of ether oxygens (including phenoxy) is 1. The molecule has 182 valence electrons. The van der Waals surface area contributed by atoms with Crippen LogP contribution in [0.3, 0.4) is 0 Å². The number of urea groups is 1. The molecule has 2 aliphatic rings. The number of amides is 3. The number of likely N-dealkylation sites (tertiary alicyclic amines) is 1. The topological polar surface area (TPSA) is 73.9 Å². The number of carbonyl (C=O) groups is 2. The molecule has 2 saturated heterocycles. The van der Waals surface area contributed by atoms with Gasteiger partial charge in [0.05, 0.1) is 12.7 Å². The number of hydrogen-bond acceptors (Lipinski definition) is 4. The lowest BCUT2D eigenvalue weighted by molar-refractivity contribution is -0.0285. The number of hydrogen-bond donors (Lipinski definition) is 2. The molecule has 0 spiro atoms. The average molecular weight is 465 g/mol. The van der Waals surface area contributed by atoms with Gasteiger partial charge in [-0.25, -0.2) is 4.79 Å². The molecule has 0 bridgehead atoms. The van der Waals surface area contributed by atoms with E-state index in [9.17, 15) is 9.59 Å². The molecule has 1 atom stereocenters. The molecule has 0 aromatic heterocycles. The molecular weight excluding hydrogens is 428 g/mol. The van der Waals surface area contributed by atoms with Crippen LogP contribution in [0.5, 0.6) is 0 Å². The van der Waals surface area contributed by atoms with Gasteiger partial charge >= 0.3 is 6.03 Å². The Kier molecular flexibility index (Phi) is 8.19. The molecule has 2 aromatic carbocycles. The number of morpholine rings is 1. The zero-order chi connectivity index (χ0) is 23.9. The molecule has 0 saturated carbocycles. The van der Waals surface area contributed by atoms with E-state index in [4.69, 9.17) is 4.74 Å². The predicted octanol–water partition coefficient (Wildman–Crippen LogP) is 3.89. The van der Waals surface area contributed by atoms with E-state index in [1.165, 1.54) is 5.56 Å². The maximum atomic E-state index is 12.8. The Balaban J connectivity index is 1.24. The van der Waals surface area contributed by atoms with Crippen LogP contribution in [-0.2, 0) is 11.3 Å². The van der Waals surface area contributed by atoms with Gasteiger partial charge < -0.3 is 20.3 Å². The van der Waals surface area contributed by atoms with Gasteiger partial charge in [0.2, 0.25) is 0 Å². The summed E-state index contributed by atoms with van der Waals surface area (Å²) in [6.07, 6.45) is 2.06. The molecule has 7 heteroatoms. The summed E-state index contributed by atoms with van der Waals surface area (Å²) in [5, 5.41) is 5.84. The quantitative estimate of drug-likeness (QED) is 0.680. The molecule has 0 radical (unpaired) electrons. The molecule has 0 aliphatic carbocycles. The molecule has 2 N–H and O–H groups in total. The fourth-order valence-corrected chi connectivity index (χ4v) is 4.59. The lowest BCUT2D eigenvalue weighted by atomic mass is 9.98. The molecule has 34 heavy (non-hydrogen) atoms.